The smallest absolute Gasteiger partial charge is 0.237 e. The SMILES string of the molecule is CCC(C)NC(=O)C(C)NC(C)c1cccc(Cl)c1. The van der Waals surface area contributed by atoms with Gasteiger partial charge in [0.15, 0.2) is 0 Å². The summed E-state index contributed by atoms with van der Waals surface area (Å²) in [7, 11) is 0. The molecule has 3 nitrogen and oxygen atoms in total. The van der Waals surface area contributed by atoms with Gasteiger partial charge in [-0.2, -0.15) is 0 Å². The maximum Gasteiger partial charge on any atom is 0.237 e. The van der Waals surface area contributed by atoms with Gasteiger partial charge in [0, 0.05) is 17.1 Å². The molecular weight excluding hydrogens is 260 g/mol. The summed E-state index contributed by atoms with van der Waals surface area (Å²) in [6.07, 6.45) is 0.933. The van der Waals surface area contributed by atoms with Gasteiger partial charge >= 0.3 is 0 Å². The van der Waals surface area contributed by atoms with Crippen molar-refractivity contribution in [2.75, 3.05) is 0 Å². The number of hydrogen-bond acceptors (Lipinski definition) is 2. The summed E-state index contributed by atoms with van der Waals surface area (Å²) >= 11 is 5.97. The minimum Gasteiger partial charge on any atom is -0.352 e. The van der Waals surface area contributed by atoms with E-state index in [-0.39, 0.29) is 24.0 Å². The zero-order chi connectivity index (χ0) is 14.4. The molecule has 0 saturated carbocycles. The van der Waals surface area contributed by atoms with E-state index in [1.54, 1.807) is 0 Å². The van der Waals surface area contributed by atoms with Gasteiger partial charge in [0.25, 0.3) is 0 Å². The first-order valence-electron chi connectivity index (χ1n) is 6.76. The molecule has 0 spiro atoms. The number of amides is 1. The molecule has 0 radical (unpaired) electrons. The van der Waals surface area contributed by atoms with Crippen LogP contribution in [0.1, 0.15) is 45.7 Å². The van der Waals surface area contributed by atoms with Gasteiger partial charge in [0.1, 0.15) is 0 Å². The van der Waals surface area contributed by atoms with Crippen molar-refractivity contribution in [1.82, 2.24) is 10.6 Å². The van der Waals surface area contributed by atoms with E-state index >= 15 is 0 Å². The summed E-state index contributed by atoms with van der Waals surface area (Å²) in [6.45, 7) is 7.96. The molecule has 0 aromatic heterocycles. The molecule has 3 atom stereocenters. The van der Waals surface area contributed by atoms with Crippen molar-refractivity contribution >= 4 is 17.5 Å². The lowest BCUT2D eigenvalue weighted by atomic mass is 10.1. The molecule has 0 heterocycles. The van der Waals surface area contributed by atoms with Gasteiger partial charge in [-0.05, 0) is 44.9 Å². The molecule has 2 N–H and O–H groups in total. The number of halogens is 1. The number of carbonyl (C=O) groups is 1. The molecule has 1 amide bonds. The second-order valence-electron chi connectivity index (χ2n) is 4.98. The Balaban J connectivity index is 2.56. The minimum absolute atomic E-state index is 0.0308. The molecule has 4 heteroatoms. The Hall–Kier alpha value is -1.06. The molecule has 19 heavy (non-hydrogen) atoms. The lowest BCUT2D eigenvalue weighted by Crippen LogP contribution is -2.45. The van der Waals surface area contributed by atoms with Crippen LogP contribution in [0.25, 0.3) is 0 Å². The minimum atomic E-state index is -0.233. The number of hydrogen-bond donors (Lipinski definition) is 2. The Morgan fingerprint density at radius 2 is 2.00 bits per heavy atom. The second kappa shape index (κ2) is 7.51. The zero-order valence-corrected chi connectivity index (χ0v) is 12.8. The summed E-state index contributed by atoms with van der Waals surface area (Å²) in [6, 6.07) is 7.73. The molecular formula is C15H23ClN2O. The van der Waals surface area contributed by atoms with Crippen LogP contribution < -0.4 is 10.6 Å². The fraction of sp³-hybridized carbons (Fsp3) is 0.533. The maximum absolute atomic E-state index is 11.9. The van der Waals surface area contributed by atoms with E-state index in [2.05, 4.69) is 17.6 Å². The van der Waals surface area contributed by atoms with Gasteiger partial charge in [0.2, 0.25) is 5.91 Å². The third kappa shape index (κ3) is 5.21. The lowest BCUT2D eigenvalue weighted by Gasteiger charge is -2.21. The molecule has 1 rings (SSSR count). The number of carbonyl (C=O) groups excluding carboxylic acids is 1. The van der Waals surface area contributed by atoms with Crippen LogP contribution >= 0.6 is 11.6 Å². The summed E-state index contributed by atoms with van der Waals surface area (Å²) in [5.41, 5.74) is 1.08. The van der Waals surface area contributed by atoms with Gasteiger partial charge < -0.3 is 5.32 Å². The van der Waals surface area contributed by atoms with Gasteiger partial charge in [-0.3, -0.25) is 10.1 Å². The average Bonchev–Trinajstić information content (AvgIpc) is 2.38. The third-order valence-corrected chi connectivity index (χ3v) is 3.48. The molecule has 0 aliphatic carbocycles. The van der Waals surface area contributed by atoms with Crippen molar-refractivity contribution in [2.45, 2.75) is 52.2 Å². The molecule has 106 valence electrons. The highest BCUT2D eigenvalue weighted by Gasteiger charge is 2.17. The molecule has 1 aromatic carbocycles. The molecule has 0 aliphatic rings. The first-order valence-corrected chi connectivity index (χ1v) is 7.13. The van der Waals surface area contributed by atoms with Crippen LogP contribution in [0.15, 0.2) is 24.3 Å². The molecule has 0 bridgehead atoms. The fourth-order valence-corrected chi connectivity index (χ4v) is 1.99. The summed E-state index contributed by atoms with van der Waals surface area (Å²) in [4.78, 5) is 11.9. The first-order chi connectivity index (χ1) is 8.93. The zero-order valence-electron chi connectivity index (χ0n) is 12.0. The van der Waals surface area contributed by atoms with E-state index in [1.165, 1.54) is 0 Å². The van der Waals surface area contributed by atoms with Crippen LogP contribution in [0.5, 0.6) is 0 Å². The van der Waals surface area contributed by atoms with Crippen LogP contribution in [0.2, 0.25) is 5.02 Å². The maximum atomic E-state index is 11.9. The number of benzene rings is 1. The van der Waals surface area contributed by atoms with Crippen LogP contribution in [-0.4, -0.2) is 18.0 Å². The first kappa shape index (κ1) is 16.0. The second-order valence-corrected chi connectivity index (χ2v) is 5.42. The average molecular weight is 283 g/mol. The molecule has 3 unspecified atom stereocenters. The lowest BCUT2D eigenvalue weighted by molar-refractivity contribution is -0.123. The highest BCUT2D eigenvalue weighted by Crippen LogP contribution is 2.17. The number of nitrogens with one attached hydrogen (secondary N) is 2. The Labute approximate surface area is 120 Å². The van der Waals surface area contributed by atoms with Crippen LogP contribution in [0.3, 0.4) is 0 Å². The van der Waals surface area contributed by atoms with Gasteiger partial charge in [-0.15, -0.1) is 0 Å². The summed E-state index contributed by atoms with van der Waals surface area (Å²) in [5.74, 6) is 0.0308. The van der Waals surface area contributed by atoms with E-state index in [4.69, 9.17) is 11.6 Å². The van der Waals surface area contributed by atoms with E-state index in [9.17, 15) is 4.79 Å². The monoisotopic (exact) mass is 282 g/mol. The predicted molar refractivity (Wildman–Crippen MR) is 80.4 cm³/mol. The Morgan fingerprint density at radius 1 is 1.32 bits per heavy atom. The highest BCUT2D eigenvalue weighted by molar-refractivity contribution is 6.30. The highest BCUT2D eigenvalue weighted by atomic mass is 35.5. The van der Waals surface area contributed by atoms with Crippen molar-refractivity contribution in [3.63, 3.8) is 0 Å². The third-order valence-electron chi connectivity index (χ3n) is 3.24. The fourth-order valence-electron chi connectivity index (χ4n) is 1.79. The Morgan fingerprint density at radius 3 is 2.58 bits per heavy atom. The van der Waals surface area contributed by atoms with Crippen molar-refractivity contribution in [3.8, 4) is 0 Å². The van der Waals surface area contributed by atoms with Crippen LogP contribution in [-0.2, 0) is 4.79 Å². The van der Waals surface area contributed by atoms with Crippen molar-refractivity contribution in [2.24, 2.45) is 0 Å². The molecule has 1 aromatic rings. The van der Waals surface area contributed by atoms with Gasteiger partial charge in [-0.1, -0.05) is 30.7 Å². The van der Waals surface area contributed by atoms with E-state index in [0.29, 0.717) is 5.02 Å². The van der Waals surface area contributed by atoms with Crippen molar-refractivity contribution in [3.05, 3.63) is 34.9 Å². The standard InChI is InChI=1S/C15H23ClN2O/c1-5-10(2)17-15(19)12(4)18-11(3)13-7-6-8-14(16)9-13/h6-12,18H,5H2,1-4H3,(H,17,19). The van der Waals surface area contributed by atoms with E-state index < -0.39 is 0 Å². The van der Waals surface area contributed by atoms with E-state index in [0.717, 1.165) is 12.0 Å². The molecule has 0 fully saturated rings. The van der Waals surface area contributed by atoms with E-state index in [1.807, 2.05) is 45.0 Å². The molecule has 0 saturated heterocycles. The van der Waals surface area contributed by atoms with Gasteiger partial charge in [0.05, 0.1) is 6.04 Å². The van der Waals surface area contributed by atoms with Crippen LogP contribution in [0, 0.1) is 0 Å². The quantitative estimate of drug-likeness (QED) is 0.841. The normalized spacial score (nSPS) is 15.6. The topological polar surface area (TPSA) is 41.1 Å². The Bertz CT molecular complexity index is 422. The van der Waals surface area contributed by atoms with Gasteiger partial charge in [-0.25, -0.2) is 0 Å². The summed E-state index contributed by atoms with van der Waals surface area (Å²) in [5, 5.41) is 6.96. The Kier molecular flexibility index (Phi) is 6.32. The molecule has 0 aliphatic heterocycles. The largest absolute Gasteiger partial charge is 0.352 e. The predicted octanol–water partition coefficient (Wildman–Crippen LogP) is 3.29. The van der Waals surface area contributed by atoms with Crippen molar-refractivity contribution < 1.29 is 4.79 Å². The van der Waals surface area contributed by atoms with Crippen LogP contribution in [0.4, 0.5) is 0 Å². The summed E-state index contributed by atoms with van der Waals surface area (Å²) < 4.78 is 0. The number of rotatable bonds is 6. The van der Waals surface area contributed by atoms with Crippen molar-refractivity contribution in [1.29, 1.82) is 0 Å².